The van der Waals surface area contributed by atoms with Crippen molar-refractivity contribution in [1.29, 1.82) is 0 Å². The van der Waals surface area contributed by atoms with Crippen LogP contribution in [-0.4, -0.2) is 25.0 Å². The van der Waals surface area contributed by atoms with Crippen LogP contribution in [0, 0.1) is 19.7 Å². The highest BCUT2D eigenvalue weighted by Gasteiger charge is 2.03. The fourth-order valence-electron chi connectivity index (χ4n) is 2.27. The van der Waals surface area contributed by atoms with Crippen molar-refractivity contribution in [2.75, 3.05) is 18.4 Å². The number of carbonyl (C=O) groups is 1. The van der Waals surface area contributed by atoms with Crippen LogP contribution >= 0.6 is 24.0 Å². The molecule has 0 aliphatic heterocycles. The summed E-state index contributed by atoms with van der Waals surface area (Å²) in [5.41, 5.74) is 9.73. The van der Waals surface area contributed by atoms with Crippen molar-refractivity contribution in [2.24, 2.45) is 10.7 Å². The number of nitrogens with two attached hydrogens (primary N) is 1. The zero-order chi connectivity index (χ0) is 18.2. The predicted molar refractivity (Wildman–Crippen MR) is 115 cm³/mol. The van der Waals surface area contributed by atoms with Crippen molar-refractivity contribution in [2.45, 2.75) is 20.3 Å². The molecular weight excluding hydrogens is 446 g/mol. The molecule has 2 aromatic carbocycles. The molecule has 0 radical (unpaired) electrons. The fraction of sp³-hybridized carbons (Fsp3) is 0.263. The van der Waals surface area contributed by atoms with Crippen LogP contribution in [0.5, 0.6) is 0 Å². The highest BCUT2D eigenvalue weighted by Crippen LogP contribution is 2.13. The summed E-state index contributed by atoms with van der Waals surface area (Å²) < 4.78 is 13.1. The first-order valence-electron chi connectivity index (χ1n) is 8.09. The number of aryl methyl sites for hydroxylation is 2. The quantitative estimate of drug-likeness (QED) is 0.263. The first-order chi connectivity index (χ1) is 11.9. The molecule has 4 N–H and O–H groups in total. The minimum Gasteiger partial charge on any atom is -0.370 e. The highest BCUT2D eigenvalue weighted by atomic mass is 127. The van der Waals surface area contributed by atoms with Gasteiger partial charge in [-0.1, -0.05) is 18.2 Å². The Hall–Kier alpha value is -2.16. The van der Waals surface area contributed by atoms with Crippen LogP contribution in [-0.2, 0) is 11.2 Å². The second-order valence-electron chi connectivity index (χ2n) is 5.85. The lowest BCUT2D eigenvalue weighted by atomic mass is 10.1. The third-order valence-corrected chi connectivity index (χ3v) is 3.75. The Morgan fingerprint density at radius 3 is 2.62 bits per heavy atom. The van der Waals surface area contributed by atoms with E-state index < -0.39 is 0 Å². The Labute approximate surface area is 170 Å². The first-order valence-corrected chi connectivity index (χ1v) is 8.09. The number of anilines is 1. The molecular formula is C19H24FIN4O. The summed E-state index contributed by atoms with van der Waals surface area (Å²) >= 11 is 0. The van der Waals surface area contributed by atoms with Crippen molar-refractivity contribution in [3.63, 3.8) is 0 Å². The number of aliphatic imine (C=N–C) groups is 1. The minimum atomic E-state index is -0.347. The third kappa shape index (κ3) is 7.38. The maximum atomic E-state index is 13.1. The average molecular weight is 470 g/mol. The Bertz CT molecular complexity index is 780. The molecule has 2 rings (SSSR count). The molecule has 2 aromatic rings. The Morgan fingerprint density at radius 2 is 1.92 bits per heavy atom. The van der Waals surface area contributed by atoms with Gasteiger partial charge in [0, 0.05) is 12.2 Å². The number of benzene rings is 2. The summed E-state index contributed by atoms with van der Waals surface area (Å²) in [7, 11) is 0. The number of guanidine groups is 1. The largest absolute Gasteiger partial charge is 0.370 e. The van der Waals surface area contributed by atoms with E-state index >= 15 is 0 Å². The molecule has 0 fully saturated rings. The maximum absolute atomic E-state index is 13.1. The van der Waals surface area contributed by atoms with Crippen LogP contribution in [0.3, 0.4) is 0 Å². The van der Waals surface area contributed by atoms with Crippen molar-refractivity contribution in [1.82, 2.24) is 5.32 Å². The van der Waals surface area contributed by atoms with E-state index in [0.717, 1.165) is 5.69 Å². The van der Waals surface area contributed by atoms with E-state index in [9.17, 15) is 9.18 Å². The van der Waals surface area contributed by atoms with E-state index in [0.29, 0.717) is 24.6 Å². The number of nitrogens with zero attached hydrogens (tertiary/aromatic N) is 1. The zero-order valence-electron chi connectivity index (χ0n) is 14.9. The molecule has 140 valence electrons. The van der Waals surface area contributed by atoms with Crippen LogP contribution in [0.4, 0.5) is 10.1 Å². The van der Waals surface area contributed by atoms with Gasteiger partial charge in [0.05, 0.1) is 13.0 Å². The van der Waals surface area contributed by atoms with Gasteiger partial charge in [0.15, 0.2) is 5.96 Å². The molecule has 0 saturated carbocycles. The summed E-state index contributed by atoms with van der Waals surface area (Å²) in [4.78, 5) is 16.0. The molecule has 0 heterocycles. The van der Waals surface area contributed by atoms with Crippen LogP contribution in [0.1, 0.15) is 16.7 Å². The van der Waals surface area contributed by atoms with E-state index in [1.165, 1.54) is 23.3 Å². The molecule has 1 amide bonds. The maximum Gasteiger partial charge on any atom is 0.224 e. The third-order valence-electron chi connectivity index (χ3n) is 3.75. The molecule has 0 unspecified atom stereocenters. The number of hydrogen-bond donors (Lipinski definition) is 3. The number of halogens is 2. The van der Waals surface area contributed by atoms with Crippen molar-refractivity contribution < 1.29 is 9.18 Å². The summed E-state index contributed by atoms with van der Waals surface area (Å²) in [5, 5.41) is 5.75. The molecule has 0 bridgehead atoms. The number of amides is 1. The minimum absolute atomic E-state index is 0. The molecule has 7 heteroatoms. The van der Waals surface area contributed by atoms with E-state index in [-0.39, 0.29) is 42.1 Å². The van der Waals surface area contributed by atoms with Gasteiger partial charge in [0.2, 0.25) is 5.91 Å². The van der Waals surface area contributed by atoms with E-state index in [1.807, 2.05) is 32.0 Å². The lowest BCUT2D eigenvalue weighted by molar-refractivity contribution is -0.120. The van der Waals surface area contributed by atoms with Crippen LogP contribution in [0.25, 0.3) is 0 Å². The summed E-state index contributed by atoms with van der Waals surface area (Å²) in [5.74, 6) is -0.232. The van der Waals surface area contributed by atoms with E-state index in [1.54, 1.807) is 12.1 Å². The Kier molecular flexibility index (Phi) is 9.04. The second kappa shape index (κ2) is 10.7. The summed E-state index contributed by atoms with van der Waals surface area (Å²) in [6.07, 6.45) is 0.137. The van der Waals surface area contributed by atoms with Gasteiger partial charge in [-0.05, 0) is 54.8 Å². The molecule has 0 atom stereocenters. The fourth-order valence-corrected chi connectivity index (χ4v) is 2.27. The monoisotopic (exact) mass is 470 g/mol. The van der Waals surface area contributed by atoms with Crippen LogP contribution in [0.15, 0.2) is 47.5 Å². The van der Waals surface area contributed by atoms with Crippen LogP contribution < -0.4 is 16.4 Å². The summed E-state index contributed by atoms with van der Waals surface area (Å²) in [6.45, 7) is 4.80. The molecule has 5 nitrogen and oxygen atoms in total. The van der Waals surface area contributed by atoms with Gasteiger partial charge in [-0.25, -0.2) is 4.39 Å². The molecule has 0 aromatic heterocycles. The topological polar surface area (TPSA) is 79.5 Å². The van der Waals surface area contributed by atoms with Gasteiger partial charge in [-0.3, -0.25) is 9.79 Å². The molecule has 0 aliphatic carbocycles. The molecule has 0 spiro atoms. The normalized spacial score (nSPS) is 10.8. The second-order valence-corrected chi connectivity index (χ2v) is 5.85. The number of carbonyl (C=O) groups excluding carboxylic acids is 1. The molecule has 26 heavy (non-hydrogen) atoms. The standard InChI is InChI=1S/C19H23FN4O.HI/c1-13-6-7-17(10-14(13)2)24-19(21)23-9-8-22-18(25)12-15-4-3-5-16(20)11-15;/h3-7,10-11H,8-9,12H2,1-2H3,(H,22,25)(H3,21,23,24);1H. The van der Waals surface area contributed by atoms with E-state index in [2.05, 4.69) is 15.6 Å². The Morgan fingerprint density at radius 1 is 1.15 bits per heavy atom. The van der Waals surface area contributed by atoms with Gasteiger partial charge < -0.3 is 16.4 Å². The molecule has 0 saturated heterocycles. The molecule has 0 aliphatic rings. The summed E-state index contributed by atoms with van der Waals surface area (Å²) in [6, 6.07) is 11.9. The van der Waals surface area contributed by atoms with Crippen molar-refractivity contribution >= 4 is 41.5 Å². The van der Waals surface area contributed by atoms with Gasteiger partial charge in [-0.2, -0.15) is 0 Å². The van der Waals surface area contributed by atoms with Gasteiger partial charge in [0.25, 0.3) is 0 Å². The number of rotatable bonds is 6. The van der Waals surface area contributed by atoms with Gasteiger partial charge in [-0.15, -0.1) is 24.0 Å². The smallest absolute Gasteiger partial charge is 0.224 e. The Balaban J connectivity index is 0.00000338. The van der Waals surface area contributed by atoms with Gasteiger partial charge >= 0.3 is 0 Å². The lowest BCUT2D eigenvalue weighted by Crippen LogP contribution is -2.29. The highest BCUT2D eigenvalue weighted by molar-refractivity contribution is 14.0. The number of nitrogens with one attached hydrogen (secondary N) is 2. The SMILES string of the molecule is Cc1ccc(NC(N)=NCCNC(=O)Cc2cccc(F)c2)cc1C.I. The number of hydrogen-bond acceptors (Lipinski definition) is 2. The van der Waals surface area contributed by atoms with Crippen LogP contribution in [0.2, 0.25) is 0 Å². The zero-order valence-corrected chi connectivity index (χ0v) is 17.2. The van der Waals surface area contributed by atoms with E-state index in [4.69, 9.17) is 5.73 Å². The lowest BCUT2D eigenvalue weighted by Gasteiger charge is -2.08. The first kappa shape index (κ1) is 21.9. The van der Waals surface area contributed by atoms with Gasteiger partial charge in [0.1, 0.15) is 5.82 Å². The van der Waals surface area contributed by atoms with Crippen molar-refractivity contribution in [3.8, 4) is 0 Å². The predicted octanol–water partition coefficient (Wildman–Crippen LogP) is 3.15. The van der Waals surface area contributed by atoms with Crippen molar-refractivity contribution in [3.05, 3.63) is 65.0 Å². The average Bonchev–Trinajstić information content (AvgIpc) is 2.55.